The standard InChI is InChI=1S/C46H26F12O7/c47-43(48,49)41(44(50,51)52,29-13-11-27(23-59)35(19-29)39(61)62)37-21-31(15-17-33(37)25-7-3-1-4-8-25)65-32-16-18-34(26-9-5-2-6-10-26)38(22-32)42(45(53,54)55,46(56,57)58)30-14-12-28(24-60)36(20-30)40(63)64/h1-24H,(H,61,62)(H,63,64). The number of hydrogen-bond donors (Lipinski definition) is 2. The second-order valence-electron chi connectivity index (χ2n) is 14.2. The number of carbonyl (C=O) groups excluding carboxylic acids is 2. The van der Waals surface area contributed by atoms with Crippen molar-refractivity contribution in [2.45, 2.75) is 35.5 Å². The van der Waals surface area contributed by atoms with Crippen LogP contribution in [0.3, 0.4) is 0 Å². The average Bonchev–Trinajstić information content (AvgIpc) is 3.23. The van der Waals surface area contributed by atoms with Crippen LogP contribution in [0.15, 0.2) is 133 Å². The Labute approximate surface area is 358 Å². The molecule has 6 aromatic rings. The van der Waals surface area contributed by atoms with Crippen LogP contribution in [0, 0.1) is 0 Å². The van der Waals surface area contributed by atoms with E-state index >= 15 is 52.7 Å². The van der Waals surface area contributed by atoms with Crippen LogP contribution < -0.4 is 4.74 Å². The Bertz CT molecular complexity index is 2580. The van der Waals surface area contributed by atoms with Gasteiger partial charge in [0.15, 0.2) is 12.6 Å². The Balaban J connectivity index is 1.71. The number of benzene rings is 6. The minimum atomic E-state index is -6.41. The summed E-state index contributed by atoms with van der Waals surface area (Å²) in [4.78, 5) is 47.2. The number of halogens is 12. The number of carboxylic acid groups (broad SMARTS) is 2. The van der Waals surface area contributed by atoms with Gasteiger partial charge in [-0.15, -0.1) is 0 Å². The molecule has 0 unspecified atom stereocenters. The fourth-order valence-electron chi connectivity index (χ4n) is 7.72. The zero-order valence-electron chi connectivity index (χ0n) is 32.3. The van der Waals surface area contributed by atoms with Crippen molar-refractivity contribution in [3.05, 3.63) is 178 Å². The topological polar surface area (TPSA) is 118 Å². The molecule has 0 saturated heterocycles. The molecule has 0 bridgehead atoms. The molecule has 7 nitrogen and oxygen atoms in total. The second-order valence-corrected chi connectivity index (χ2v) is 14.2. The van der Waals surface area contributed by atoms with Crippen LogP contribution in [0.2, 0.25) is 0 Å². The molecule has 0 aromatic heterocycles. The van der Waals surface area contributed by atoms with Crippen LogP contribution >= 0.6 is 0 Å². The fourth-order valence-corrected chi connectivity index (χ4v) is 7.72. The molecule has 2 N–H and O–H groups in total. The molecular formula is C46H26F12O7. The Hall–Kier alpha value is -7.44. The molecule has 336 valence electrons. The lowest BCUT2D eigenvalue weighted by Crippen LogP contribution is -2.55. The highest BCUT2D eigenvalue weighted by molar-refractivity contribution is 5.98. The van der Waals surface area contributed by atoms with Gasteiger partial charge in [0.25, 0.3) is 0 Å². The third-order valence-corrected chi connectivity index (χ3v) is 10.6. The molecule has 6 rings (SSSR count). The lowest BCUT2D eigenvalue weighted by molar-refractivity contribution is -0.289. The third-order valence-electron chi connectivity index (χ3n) is 10.6. The molecule has 0 radical (unpaired) electrons. The summed E-state index contributed by atoms with van der Waals surface area (Å²) in [5.74, 6) is -6.16. The van der Waals surface area contributed by atoms with Gasteiger partial charge in [0.2, 0.25) is 10.8 Å². The Morgan fingerprint density at radius 1 is 0.431 bits per heavy atom. The van der Waals surface area contributed by atoms with Crippen LogP contribution in [0.25, 0.3) is 22.3 Å². The van der Waals surface area contributed by atoms with Crippen LogP contribution in [-0.4, -0.2) is 59.4 Å². The lowest BCUT2D eigenvalue weighted by atomic mass is 9.69. The SMILES string of the molecule is O=Cc1ccc(C(c2cc(Oc3ccc(-c4ccccc4)c(C(c4ccc(C=O)c(C(=O)O)c4)(C(F)(F)F)C(F)(F)F)c3)ccc2-c2ccccc2)(C(F)(F)F)C(F)(F)F)cc1C(=O)O. The maximum absolute atomic E-state index is 15.7. The molecule has 0 amide bonds. The van der Waals surface area contributed by atoms with Gasteiger partial charge in [-0.25, -0.2) is 9.59 Å². The van der Waals surface area contributed by atoms with E-state index in [1.54, 1.807) is 0 Å². The second kappa shape index (κ2) is 16.9. The van der Waals surface area contributed by atoms with Crippen molar-refractivity contribution in [1.29, 1.82) is 0 Å². The van der Waals surface area contributed by atoms with Crippen molar-refractivity contribution in [2.24, 2.45) is 0 Å². The highest BCUT2D eigenvalue weighted by Crippen LogP contribution is 2.61. The van der Waals surface area contributed by atoms with Gasteiger partial charge in [-0.05, 0) is 80.9 Å². The van der Waals surface area contributed by atoms with E-state index in [1.165, 1.54) is 36.4 Å². The van der Waals surface area contributed by atoms with Gasteiger partial charge in [0.1, 0.15) is 11.5 Å². The minimum Gasteiger partial charge on any atom is -0.478 e. The van der Waals surface area contributed by atoms with E-state index in [0.29, 0.717) is 24.3 Å². The molecular weight excluding hydrogens is 892 g/mol. The summed E-state index contributed by atoms with van der Waals surface area (Å²) < 4.78 is 194. The van der Waals surface area contributed by atoms with E-state index in [0.717, 1.165) is 36.4 Å². The molecule has 0 saturated carbocycles. The Morgan fingerprint density at radius 2 is 0.754 bits per heavy atom. The molecule has 6 aromatic carbocycles. The zero-order chi connectivity index (χ0) is 47.9. The summed E-state index contributed by atoms with van der Waals surface area (Å²) in [6.45, 7) is 0. The minimum absolute atomic E-state index is 0.00913. The smallest absolute Gasteiger partial charge is 0.411 e. The monoisotopic (exact) mass is 918 g/mol. The van der Waals surface area contributed by atoms with Gasteiger partial charge in [-0.1, -0.05) is 97.1 Å². The van der Waals surface area contributed by atoms with Crippen molar-refractivity contribution in [2.75, 3.05) is 0 Å². The van der Waals surface area contributed by atoms with E-state index in [4.69, 9.17) is 4.74 Å². The summed E-state index contributed by atoms with van der Waals surface area (Å²) >= 11 is 0. The van der Waals surface area contributed by atoms with Gasteiger partial charge >= 0.3 is 36.6 Å². The molecule has 0 aliphatic heterocycles. The van der Waals surface area contributed by atoms with E-state index in [2.05, 4.69) is 0 Å². The van der Waals surface area contributed by atoms with Crippen LogP contribution in [0.1, 0.15) is 63.7 Å². The predicted molar refractivity (Wildman–Crippen MR) is 207 cm³/mol. The van der Waals surface area contributed by atoms with E-state index in [1.807, 2.05) is 0 Å². The third kappa shape index (κ3) is 8.06. The summed E-state index contributed by atoms with van der Waals surface area (Å²) in [5.41, 5.74) is -23.4. The molecule has 0 atom stereocenters. The Morgan fingerprint density at radius 3 is 1.03 bits per heavy atom. The highest BCUT2D eigenvalue weighted by atomic mass is 19.4. The summed E-state index contributed by atoms with van der Waals surface area (Å²) in [7, 11) is 0. The van der Waals surface area contributed by atoms with E-state index < -0.39 is 115 Å². The molecule has 19 heteroatoms. The number of carbonyl (C=O) groups is 4. The summed E-state index contributed by atoms with van der Waals surface area (Å²) in [5, 5.41) is 19.4. The number of carboxylic acids is 2. The van der Waals surface area contributed by atoms with Gasteiger partial charge in [0, 0.05) is 11.1 Å². The first-order valence-electron chi connectivity index (χ1n) is 18.4. The van der Waals surface area contributed by atoms with Crippen molar-refractivity contribution < 1.29 is 86.8 Å². The van der Waals surface area contributed by atoms with Gasteiger partial charge in [-0.2, -0.15) is 52.7 Å². The number of hydrogen-bond acceptors (Lipinski definition) is 5. The maximum atomic E-state index is 15.7. The van der Waals surface area contributed by atoms with Gasteiger partial charge < -0.3 is 14.9 Å². The summed E-state index contributed by atoms with van der Waals surface area (Å²) in [6, 6.07) is 16.9. The highest BCUT2D eigenvalue weighted by Gasteiger charge is 2.74. The van der Waals surface area contributed by atoms with Crippen LogP contribution in [0.4, 0.5) is 52.7 Å². The molecule has 0 fully saturated rings. The van der Waals surface area contributed by atoms with Crippen molar-refractivity contribution in [1.82, 2.24) is 0 Å². The maximum Gasteiger partial charge on any atom is 0.411 e. The first kappa shape index (κ1) is 47.0. The first-order chi connectivity index (χ1) is 30.3. The number of aldehydes is 2. The molecule has 0 spiro atoms. The van der Waals surface area contributed by atoms with Gasteiger partial charge in [-0.3, -0.25) is 9.59 Å². The van der Waals surface area contributed by atoms with E-state index in [-0.39, 0.29) is 60.1 Å². The van der Waals surface area contributed by atoms with Gasteiger partial charge in [0.05, 0.1) is 11.1 Å². The number of alkyl halides is 12. The largest absolute Gasteiger partial charge is 0.478 e. The first-order valence-corrected chi connectivity index (χ1v) is 18.4. The lowest BCUT2D eigenvalue weighted by Gasteiger charge is -2.40. The normalized spacial score (nSPS) is 12.7. The number of ether oxygens (including phenoxy) is 1. The number of aromatic carboxylic acids is 2. The zero-order valence-corrected chi connectivity index (χ0v) is 32.3. The van der Waals surface area contributed by atoms with E-state index in [9.17, 15) is 29.4 Å². The van der Waals surface area contributed by atoms with Crippen molar-refractivity contribution in [3.63, 3.8) is 0 Å². The molecule has 0 aliphatic carbocycles. The van der Waals surface area contributed by atoms with Crippen LogP contribution in [0.5, 0.6) is 11.5 Å². The number of rotatable bonds is 12. The predicted octanol–water partition coefficient (Wildman–Crippen LogP) is 12.7. The van der Waals surface area contributed by atoms with Crippen LogP contribution in [-0.2, 0) is 10.8 Å². The fraction of sp³-hybridized carbons (Fsp3) is 0.130. The molecule has 65 heavy (non-hydrogen) atoms. The van der Waals surface area contributed by atoms with Crippen molar-refractivity contribution >= 4 is 24.5 Å². The Kier molecular flexibility index (Phi) is 12.3. The van der Waals surface area contributed by atoms with Crippen molar-refractivity contribution in [3.8, 4) is 33.8 Å². The quantitative estimate of drug-likeness (QED) is 0.0927. The summed E-state index contributed by atoms with van der Waals surface area (Å²) in [6.07, 6.45) is -25.9. The molecule has 0 aliphatic rings. The molecule has 0 heterocycles. The average molecular weight is 919 g/mol.